The Morgan fingerprint density at radius 1 is 0.800 bits per heavy atom. The van der Waals surface area contributed by atoms with Crippen LogP contribution in [-0.2, 0) is 0 Å². The van der Waals surface area contributed by atoms with E-state index in [0.29, 0.717) is 0 Å². The summed E-state index contributed by atoms with van der Waals surface area (Å²) in [5.41, 5.74) is 0. The van der Waals surface area contributed by atoms with Crippen LogP contribution in [0, 0.1) is 11.8 Å². The van der Waals surface area contributed by atoms with Crippen molar-refractivity contribution in [2.45, 2.75) is 58.8 Å². The molecule has 1 nitrogen and oxygen atoms in total. The highest BCUT2D eigenvalue weighted by Gasteiger charge is 2.13. The van der Waals surface area contributed by atoms with Gasteiger partial charge in [-0.25, -0.2) is 0 Å². The largest absolute Gasteiger partial charge is 0.306 e. The van der Waals surface area contributed by atoms with E-state index in [1.165, 1.54) is 58.0 Å². The van der Waals surface area contributed by atoms with Crippen molar-refractivity contribution in [1.82, 2.24) is 4.90 Å². The molecular weight excluding hydrogens is 182 g/mol. The second kappa shape index (κ2) is 7.27. The first-order valence-corrected chi connectivity index (χ1v) is 6.87. The van der Waals surface area contributed by atoms with E-state index in [9.17, 15) is 0 Å². The van der Waals surface area contributed by atoms with E-state index in [0.717, 1.165) is 11.8 Å². The lowest BCUT2D eigenvalue weighted by Crippen LogP contribution is -2.24. The quantitative estimate of drug-likeness (QED) is 0.587. The molecule has 0 radical (unpaired) electrons. The highest BCUT2D eigenvalue weighted by atomic mass is 15.1. The summed E-state index contributed by atoms with van der Waals surface area (Å²) in [5, 5.41) is 0. The first kappa shape index (κ1) is 13.0. The van der Waals surface area contributed by atoms with Crippen LogP contribution in [0.3, 0.4) is 0 Å². The van der Waals surface area contributed by atoms with Gasteiger partial charge in [-0.1, -0.05) is 39.5 Å². The minimum atomic E-state index is 1.01. The van der Waals surface area contributed by atoms with Crippen molar-refractivity contribution in [1.29, 1.82) is 0 Å². The molecular formula is C14H29N. The van der Waals surface area contributed by atoms with Gasteiger partial charge in [-0.05, 0) is 51.2 Å². The normalized spacial score (nSPS) is 33.0. The Morgan fingerprint density at radius 2 is 1.33 bits per heavy atom. The molecule has 0 amide bonds. The van der Waals surface area contributed by atoms with Gasteiger partial charge in [0.15, 0.2) is 0 Å². The van der Waals surface area contributed by atoms with Crippen LogP contribution in [0.5, 0.6) is 0 Å². The van der Waals surface area contributed by atoms with Crippen LogP contribution in [0.25, 0.3) is 0 Å². The minimum absolute atomic E-state index is 1.01. The molecule has 2 rings (SSSR count). The van der Waals surface area contributed by atoms with Crippen molar-refractivity contribution < 1.29 is 0 Å². The maximum Gasteiger partial charge on any atom is -0.00218 e. The zero-order valence-corrected chi connectivity index (χ0v) is 11.0. The molecule has 1 heteroatoms. The number of rotatable bonds is 0. The molecule has 0 aromatic carbocycles. The van der Waals surface area contributed by atoms with E-state index in [1.54, 1.807) is 0 Å². The lowest BCUT2D eigenvalue weighted by molar-refractivity contribution is 0.277. The summed E-state index contributed by atoms with van der Waals surface area (Å²) in [5.74, 6) is 2.03. The highest BCUT2D eigenvalue weighted by Crippen LogP contribution is 2.27. The van der Waals surface area contributed by atoms with Gasteiger partial charge in [0, 0.05) is 0 Å². The SMILES string of the molecule is CC1CCCC(C)C1.CN1CCCCC1. The van der Waals surface area contributed by atoms with Gasteiger partial charge >= 0.3 is 0 Å². The lowest BCUT2D eigenvalue weighted by atomic mass is 9.84. The van der Waals surface area contributed by atoms with Crippen LogP contribution >= 0.6 is 0 Å². The van der Waals surface area contributed by atoms with Gasteiger partial charge in [0.2, 0.25) is 0 Å². The molecule has 1 aliphatic heterocycles. The molecule has 1 saturated carbocycles. The third kappa shape index (κ3) is 6.19. The smallest absolute Gasteiger partial charge is 0.00218 e. The topological polar surface area (TPSA) is 3.24 Å². The van der Waals surface area contributed by atoms with Crippen molar-refractivity contribution in [2.75, 3.05) is 20.1 Å². The van der Waals surface area contributed by atoms with Crippen LogP contribution < -0.4 is 0 Å². The molecule has 1 heterocycles. The summed E-state index contributed by atoms with van der Waals surface area (Å²) < 4.78 is 0. The summed E-state index contributed by atoms with van der Waals surface area (Å²) in [6.07, 6.45) is 10.2. The Kier molecular flexibility index (Phi) is 6.31. The second-order valence-corrected chi connectivity index (χ2v) is 5.74. The van der Waals surface area contributed by atoms with Gasteiger partial charge in [-0.2, -0.15) is 0 Å². The Balaban J connectivity index is 0.000000151. The van der Waals surface area contributed by atoms with E-state index in [2.05, 4.69) is 25.8 Å². The Morgan fingerprint density at radius 3 is 1.60 bits per heavy atom. The number of nitrogens with zero attached hydrogens (tertiary/aromatic N) is 1. The number of likely N-dealkylation sites (tertiary alicyclic amines) is 1. The van der Waals surface area contributed by atoms with E-state index >= 15 is 0 Å². The van der Waals surface area contributed by atoms with Crippen LogP contribution in [0.1, 0.15) is 58.8 Å². The third-order valence-corrected chi connectivity index (χ3v) is 3.78. The monoisotopic (exact) mass is 211 g/mol. The minimum Gasteiger partial charge on any atom is -0.306 e. The molecule has 2 aliphatic rings. The molecule has 90 valence electrons. The van der Waals surface area contributed by atoms with Gasteiger partial charge in [0.25, 0.3) is 0 Å². The van der Waals surface area contributed by atoms with Crippen molar-refractivity contribution >= 4 is 0 Å². The third-order valence-electron chi connectivity index (χ3n) is 3.78. The summed E-state index contributed by atoms with van der Waals surface area (Å²) >= 11 is 0. The summed E-state index contributed by atoms with van der Waals surface area (Å²) in [6.45, 7) is 7.38. The Labute approximate surface area is 96.2 Å². The predicted molar refractivity (Wildman–Crippen MR) is 68.1 cm³/mol. The zero-order valence-electron chi connectivity index (χ0n) is 11.0. The molecule has 1 saturated heterocycles. The van der Waals surface area contributed by atoms with Gasteiger partial charge in [-0.15, -0.1) is 0 Å². The van der Waals surface area contributed by atoms with Gasteiger partial charge in [-0.3, -0.25) is 0 Å². The Hall–Kier alpha value is -0.0400. The molecule has 2 unspecified atom stereocenters. The predicted octanol–water partition coefficient (Wildman–Crippen LogP) is 3.93. The standard InChI is InChI=1S/C8H16.C6H13N/c1-7-4-3-5-8(2)6-7;1-7-5-3-2-4-6-7/h7-8H,3-6H2,1-2H3;2-6H2,1H3. The van der Waals surface area contributed by atoms with Crippen molar-refractivity contribution in [3.63, 3.8) is 0 Å². The molecule has 0 bridgehead atoms. The zero-order chi connectivity index (χ0) is 11.1. The summed E-state index contributed by atoms with van der Waals surface area (Å²) in [4.78, 5) is 2.39. The summed E-state index contributed by atoms with van der Waals surface area (Å²) in [7, 11) is 2.19. The number of hydrogen-bond donors (Lipinski definition) is 0. The average molecular weight is 211 g/mol. The molecule has 0 aromatic rings. The maximum absolute atomic E-state index is 2.39. The fourth-order valence-electron chi connectivity index (χ4n) is 2.79. The molecule has 2 fully saturated rings. The van der Waals surface area contributed by atoms with Crippen molar-refractivity contribution in [2.24, 2.45) is 11.8 Å². The van der Waals surface area contributed by atoms with Crippen LogP contribution in [0.15, 0.2) is 0 Å². The molecule has 1 aliphatic carbocycles. The van der Waals surface area contributed by atoms with Crippen LogP contribution in [0.4, 0.5) is 0 Å². The van der Waals surface area contributed by atoms with Crippen LogP contribution in [-0.4, -0.2) is 25.0 Å². The second-order valence-electron chi connectivity index (χ2n) is 5.74. The van der Waals surface area contributed by atoms with Gasteiger partial charge in [0.05, 0.1) is 0 Å². The molecule has 15 heavy (non-hydrogen) atoms. The average Bonchev–Trinajstić information content (AvgIpc) is 2.19. The summed E-state index contributed by atoms with van der Waals surface area (Å²) in [6, 6.07) is 0. The maximum atomic E-state index is 2.39. The first-order valence-electron chi connectivity index (χ1n) is 6.87. The van der Waals surface area contributed by atoms with E-state index in [-0.39, 0.29) is 0 Å². The lowest BCUT2D eigenvalue weighted by Gasteiger charge is -2.22. The van der Waals surface area contributed by atoms with Crippen LogP contribution in [0.2, 0.25) is 0 Å². The molecule has 2 atom stereocenters. The van der Waals surface area contributed by atoms with Gasteiger partial charge < -0.3 is 4.90 Å². The molecule has 0 spiro atoms. The first-order chi connectivity index (χ1) is 7.18. The molecule has 0 N–H and O–H groups in total. The Bertz CT molecular complexity index is 141. The number of piperidine rings is 1. The number of hydrogen-bond acceptors (Lipinski definition) is 1. The van der Waals surface area contributed by atoms with Gasteiger partial charge in [0.1, 0.15) is 0 Å². The van der Waals surface area contributed by atoms with E-state index < -0.39 is 0 Å². The highest BCUT2D eigenvalue weighted by molar-refractivity contribution is 4.66. The van der Waals surface area contributed by atoms with Crippen molar-refractivity contribution in [3.8, 4) is 0 Å². The van der Waals surface area contributed by atoms with E-state index in [1.807, 2.05) is 0 Å². The fraction of sp³-hybridized carbons (Fsp3) is 1.00. The molecule has 0 aromatic heterocycles. The van der Waals surface area contributed by atoms with E-state index in [4.69, 9.17) is 0 Å². The fourth-order valence-corrected chi connectivity index (χ4v) is 2.79. The van der Waals surface area contributed by atoms with Crippen molar-refractivity contribution in [3.05, 3.63) is 0 Å².